The number of aromatic nitrogens is 1. The number of anilines is 1. The molecule has 32 heavy (non-hydrogen) atoms. The Morgan fingerprint density at radius 1 is 1.22 bits per heavy atom. The predicted octanol–water partition coefficient (Wildman–Crippen LogP) is 6.40. The zero-order valence-corrected chi connectivity index (χ0v) is 20.1. The smallest absolute Gasteiger partial charge is 0.335 e. The fourth-order valence-corrected chi connectivity index (χ4v) is 6.24. The number of fused-ring (bicyclic) bond motifs is 3. The van der Waals surface area contributed by atoms with Gasteiger partial charge in [0.15, 0.2) is 5.13 Å². The van der Waals surface area contributed by atoms with Crippen LogP contribution in [0.2, 0.25) is 0 Å². The maximum absolute atomic E-state index is 13.7. The molecule has 3 aromatic rings. The summed E-state index contributed by atoms with van der Waals surface area (Å²) >= 11 is 6.96. The van der Waals surface area contributed by atoms with Crippen LogP contribution in [-0.2, 0) is 26.4 Å². The Labute approximate surface area is 195 Å². The Hall–Kier alpha value is -2.16. The second kappa shape index (κ2) is 9.77. The Balaban J connectivity index is 1.47. The first-order valence-electron chi connectivity index (χ1n) is 10.1. The second-order valence-electron chi connectivity index (χ2n) is 6.98. The number of halogens is 1. The fraction of sp³-hybridized carbons (Fsp3) is 0.273. The molecule has 6 nitrogen and oxygen atoms in total. The summed E-state index contributed by atoms with van der Waals surface area (Å²) in [5.74, 6) is 0.279. The molecule has 4 rings (SSSR count). The molecule has 0 radical (unpaired) electrons. The minimum Gasteiger partial charge on any atom is -0.487 e. The minimum atomic E-state index is -3.16. The van der Waals surface area contributed by atoms with E-state index in [-0.39, 0.29) is 12.0 Å². The van der Waals surface area contributed by atoms with Crippen LogP contribution in [0.4, 0.5) is 9.52 Å². The standard InChI is InChI=1S/C22H22FN2O4PS2/c1-3-28-30(26,29-4-2)13-14-5-7-15(8-6-14)21(31)25-22-24-20-17-11-16(23)9-10-18(17)27-12-19(20)32-22/h5-11H,3-4,12-13H2,1-2H3,(H,24,25,31). The van der Waals surface area contributed by atoms with Crippen LogP contribution in [0.5, 0.6) is 5.75 Å². The summed E-state index contributed by atoms with van der Waals surface area (Å²) in [6, 6.07) is 11.8. The van der Waals surface area contributed by atoms with Crippen LogP contribution in [0.1, 0.15) is 29.9 Å². The first-order valence-corrected chi connectivity index (χ1v) is 13.1. The van der Waals surface area contributed by atoms with Gasteiger partial charge in [-0.15, -0.1) is 0 Å². The van der Waals surface area contributed by atoms with Gasteiger partial charge >= 0.3 is 7.60 Å². The largest absolute Gasteiger partial charge is 0.487 e. The molecule has 2 heterocycles. The van der Waals surface area contributed by atoms with Crippen LogP contribution in [0.3, 0.4) is 0 Å². The highest BCUT2D eigenvalue weighted by Crippen LogP contribution is 2.51. The van der Waals surface area contributed by atoms with Gasteiger partial charge in [-0.2, -0.15) is 0 Å². The van der Waals surface area contributed by atoms with Crippen LogP contribution in [0, 0.1) is 5.82 Å². The first-order chi connectivity index (χ1) is 15.4. The van der Waals surface area contributed by atoms with Crippen molar-refractivity contribution >= 4 is 41.3 Å². The zero-order valence-electron chi connectivity index (χ0n) is 17.6. The Morgan fingerprint density at radius 3 is 2.62 bits per heavy atom. The number of rotatable bonds is 8. The molecule has 2 aromatic carbocycles. The Kier molecular flexibility index (Phi) is 7.02. The van der Waals surface area contributed by atoms with Crippen LogP contribution < -0.4 is 10.1 Å². The average molecular weight is 493 g/mol. The molecule has 0 atom stereocenters. The van der Waals surface area contributed by atoms with E-state index < -0.39 is 7.60 Å². The van der Waals surface area contributed by atoms with E-state index in [9.17, 15) is 8.96 Å². The van der Waals surface area contributed by atoms with Gasteiger partial charge in [0.05, 0.1) is 29.9 Å². The zero-order chi connectivity index (χ0) is 22.7. The van der Waals surface area contributed by atoms with Gasteiger partial charge < -0.3 is 19.1 Å². The normalized spacial score (nSPS) is 12.6. The summed E-state index contributed by atoms with van der Waals surface area (Å²) in [5.41, 5.74) is 2.97. The molecule has 10 heteroatoms. The van der Waals surface area contributed by atoms with E-state index in [1.807, 2.05) is 24.3 Å². The maximum Gasteiger partial charge on any atom is 0.335 e. The molecule has 0 amide bonds. The molecule has 168 valence electrons. The van der Waals surface area contributed by atoms with Crippen molar-refractivity contribution in [2.45, 2.75) is 26.6 Å². The third kappa shape index (κ3) is 5.08. The van der Waals surface area contributed by atoms with E-state index >= 15 is 0 Å². The topological polar surface area (TPSA) is 69.7 Å². The predicted molar refractivity (Wildman–Crippen MR) is 128 cm³/mol. The molecule has 0 saturated carbocycles. The lowest BCUT2D eigenvalue weighted by molar-refractivity contribution is 0.219. The van der Waals surface area contributed by atoms with Crippen molar-refractivity contribution in [1.29, 1.82) is 0 Å². The number of nitrogens with one attached hydrogen (secondary N) is 1. The van der Waals surface area contributed by atoms with Crippen molar-refractivity contribution in [3.05, 3.63) is 64.3 Å². The maximum atomic E-state index is 13.7. The average Bonchev–Trinajstić information content (AvgIpc) is 3.17. The first kappa shape index (κ1) is 23.0. The highest BCUT2D eigenvalue weighted by Gasteiger charge is 2.25. The molecule has 0 unspecified atom stereocenters. The van der Waals surface area contributed by atoms with Crippen molar-refractivity contribution in [3.8, 4) is 17.0 Å². The summed E-state index contributed by atoms with van der Waals surface area (Å²) in [4.78, 5) is 6.02. The van der Waals surface area contributed by atoms with Crippen molar-refractivity contribution in [2.75, 3.05) is 18.5 Å². The number of thiazole rings is 1. The van der Waals surface area contributed by atoms with E-state index in [4.69, 9.17) is 26.0 Å². The van der Waals surface area contributed by atoms with Crippen LogP contribution >= 0.6 is 31.2 Å². The molecule has 0 spiro atoms. The number of ether oxygens (including phenoxy) is 1. The van der Waals surface area contributed by atoms with Gasteiger partial charge in [0.25, 0.3) is 0 Å². The monoisotopic (exact) mass is 492 g/mol. The van der Waals surface area contributed by atoms with E-state index in [0.717, 1.165) is 16.0 Å². The third-order valence-corrected chi connectivity index (χ3v) is 8.05. The number of thiocarbonyl (C=S) groups is 1. The van der Waals surface area contributed by atoms with E-state index in [2.05, 4.69) is 10.3 Å². The van der Waals surface area contributed by atoms with Crippen molar-refractivity contribution in [1.82, 2.24) is 4.98 Å². The molecular formula is C22H22FN2O4PS2. The molecule has 0 bridgehead atoms. The van der Waals surface area contributed by atoms with Gasteiger partial charge in [0, 0.05) is 11.1 Å². The quantitative estimate of drug-likeness (QED) is 0.288. The highest BCUT2D eigenvalue weighted by atomic mass is 32.1. The van der Waals surface area contributed by atoms with E-state index in [0.29, 0.717) is 46.9 Å². The van der Waals surface area contributed by atoms with Crippen LogP contribution in [0.25, 0.3) is 11.3 Å². The van der Waals surface area contributed by atoms with Gasteiger partial charge in [0.1, 0.15) is 23.2 Å². The molecule has 0 aliphatic carbocycles. The number of hydrogen-bond donors (Lipinski definition) is 1. The van der Waals surface area contributed by atoms with Gasteiger partial charge in [-0.1, -0.05) is 47.8 Å². The van der Waals surface area contributed by atoms with Crippen molar-refractivity contribution in [3.63, 3.8) is 0 Å². The molecule has 1 aliphatic rings. The second-order valence-corrected chi connectivity index (χ2v) is 10.5. The summed E-state index contributed by atoms with van der Waals surface area (Å²) in [6.07, 6.45) is 0.199. The van der Waals surface area contributed by atoms with Gasteiger partial charge in [-0.3, -0.25) is 4.57 Å². The van der Waals surface area contributed by atoms with Crippen molar-refractivity contribution in [2.24, 2.45) is 0 Å². The van der Waals surface area contributed by atoms with Gasteiger partial charge in [0.2, 0.25) is 0 Å². The lowest BCUT2D eigenvalue weighted by atomic mass is 10.1. The molecule has 0 fully saturated rings. The van der Waals surface area contributed by atoms with E-state index in [1.54, 1.807) is 19.9 Å². The fourth-order valence-electron chi connectivity index (χ4n) is 3.35. The minimum absolute atomic E-state index is 0.199. The summed E-state index contributed by atoms with van der Waals surface area (Å²) in [7, 11) is -3.16. The highest BCUT2D eigenvalue weighted by molar-refractivity contribution is 7.81. The number of nitrogens with zero attached hydrogens (tertiary/aromatic N) is 1. The molecule has 1 N–H and O–H groups in total. The van der Waals surface area contributed by atoms with Gasteiger partial charge in [-0.25, -0.2) is 9.37 Å². The SMILES string of the molecule is CCOP(=O)(Cc1ccc(C(=S)Nc2nc3c(s2)COc2ccc(F)cc2-3)cc1)OCC. The molecule has 1 aromatic heterocycles. The van der Waals surface area contributed by atoms with Gasteiger partial charge in [-0.05, 0) is 37.6 Å². The molecule has 1 aliphatic heterocycles. The number of hydrogen-bond acceptors (Lipinski definition) is 7. The summed E-state index contributed by atoms with van der Waals surface area (Å²) < 4.78 is 42.8. The van der Waals surface area contributed by atoms with Crippen LogP contribution in [0.15, 0.2) is 42.5 Å². The lowest BCUT2D eigenvalue weighted by Gasteiger charge is -2.17. The number of benzene rings is 2. The van der Waals surface area contributed by atoms with E-state index in [1.165, 1.54) is 23.5 Å². The summed E-state index contributed by atoms with van der Waals surface area (Å²) in [5, 5.41) is 3.77. The summed E-state index contributed by atoms with van der Waals surface area (Å²) in [6.45, 7) is 4.61. The molecular weight excluding hydrogens is 470 g/mol. The Bertz CT molecular complexity index is 1170. The van der Waals surface area contributed by atoms with Crippen molar-refractivity contribution < 1.29 is 22.7 Å². The lowest BCUT2D eigenvalue weighted by Crippen LogP contribution is -2.10. The Morgan fingerprint density at radius 2 is 1.94 bits per heavy atom. The third-order valence-electron chi connectivity index (χ3n) is 4.72. The molecule has 0 saturated heterocycles. The van der Waals surface area contributed by atoms with Crippen LogP contribution in [-0.4, -0.2) is 23.2 Å².